The molecule has 0 fully saturated rings. The Kier molecular flexibility index (Phi) is 8.61. The van der Waals surface area contributed by atoms with Crippen molar-refractivity contribution in [1.29, 1.82) is 0 Å². The third-order valence-corrected chi connectivity index (χ3v) is 4.47. The highest BCUT2D eigenvalue weighted by molar-refractivity contribution is 5.82. The van der Waals surface area contributed by atoms with Crippen LogP contribution < -0.4 is 10.6 Å². The van der Waals surface area contributed by atoms with Crippen molar-refractivity contribution in [3.63, 3.8) is 0 Å². The van der Waals surface area contributed by atoms with Gasteiger partial charge in [0.1, 0.15) is 17.9 Å². The van der Waals surface area contributed by atoms with Gasteiger partial charge < -0.3 is 24.7 Å². The standard InChI is InChI=1S/C21H34N4O2/c1-6-22-21(23-14-17(26-7-2)12-13-25(4)5)24-15-20-16(3)18-10-8-9-11-19(18)27-20/h8-11,17H,6-7,12-15H2,1-5H3,(H2,22,23,24). The highest BCUT2D eigenvalue weighted by Crippen LogP contribution is 2.25. The van der Waals surface area contributed by atoms with Crippen molar-refractivity contribution >= 4 is 16.9 Å². The van der Waals surface area contributed by atoms with E-state index in [0.29, 0.717) is 13.2 Å². The summed E-state index contributed by atoms with van der Waals surface area (Å²) in [5, 5.41) is 7.86. The fourth-order valence-corrected chi connectivity index (χ4v) is 2.96. The van der Waals surface area contributed by atoms with Crippen molar-refractivity contribution in [1.82, 2.24) is 15.5 Å². The van der Waals surface area contributed by atoms with Crippen LogP contribution in [0.5, 0.6) is 0 Å². The maximum Gasteiger partial charge on any atom is 0.191 e. The van der Waals surface area contributed by atoms with Gasteiger partial charge in [-0.05, 0) is 47.4 Å². The largest absolute Gasteiger partial charge is 0.459 e. The number of nitrogens with one attached hydrogen (secondary N) is 2. The number of ether oxygens (including phenoxy) is 1. The maximum absolute atomic E-state index is 5.96. The number of aryl methyl sites for hydroxylation is 1. The van der Waals surface area contributed by atoms with Gasteiger partial charge in [0, 0.05) is 37.2 Å². The van der Waals surface area contributed by atoms with Crippen molar-refractivity contribution in [2.45, 2.75) is 39.8 Å². The fourth-order valence-electron chi connectivity index (χ4n) is 2.96. The minimum atomic E-state index is 0.161. The van der Waals surface area contributed by atoms with Crippen LogP contribution in [0.25, 0.3) is 11.0 Å². The maximum atomic E-state index is 5.96. The number of aliphatic imine (C=N–C) groups is 1. The molecule has 6 nitrogen and oxygen atoms in total. The van der Waals surface area contributed by atoms with Crippen LogP contribution in [0.3, 0.4) is 0 Å². The molecule has 1 aromatic carbocycles. The summed E-state index contributed by atoms with van der Waals surface area (Å²) < 4.78 is 11.8. The second kappa shape index (κ2) is 10.9. The molecule has 2 aromatic rings. The highest BCUT2D eigenvalue weighted by atomic mass is 16.5. The summed E-state index contributed by atoms with van der Waals surface area (Å²) in [6.07, 6.45) is 1.14. The zero-order valence-corrected chi connectivity index (χ0v) is 17.3. The van der Waals surface area contributed by atoms with E-state index in [-0.39, 0.29) is 6.10 Å². The summed E-state index contributed by atoms with van der Waals surface area (Å²) in [5.74, 6) is 1.69. The SMILES string of the molecule is CCNC(=NCc1oc2ccccc2c1C)NCC(CCN(C)C)OCC. The Hall–Kier alpha value is -2.05. The van der Waals surface area contributed by atoms with Crippen molar-refractivity contribution in [2.24, 2.45) is 4.99 Å². The summed E-state index contributed by atoms with van der Waals surface area (Å²) in [6.45, 7) is 9.94. The van der Waals surface area contributed by atoms with Gasteiger partial charge >= 0.3 is 0 Å². The quantitative estimate of drug-likeness (QED) is 0.494. The van der Waals surface area contributed by atoms with Gasteiger partial charge in [-0.1, -0.05) is 18.2 Å². The molecule has 0 spiro atoms. The van der Waals surface area contributed by atoms with E-state index < -0.39 is 0 Å². The minimum Gasteiger partial charge on any atom is -0.459 e. The summed E-state index contributed by atoms with van der Waals surface area (Å²) in [7, 11) is 4.16. The molecular formula is C21H34N4O2. The number of fused-ring (bicyclic) bond motifs is 1. The molecule has 2 rings (SSSR count). The van der Waals surface area contributed by atoms with E-state index in [1.165, 1.54) is 0 Å². The smallest absolute Gasteiger partial charge is 0.191 e. The van der Waals surface area contributed by atoms with Crippen LogP contribution in [0.15, 0.2) is 33.7 Å². The molecule has 2 N–H and O–H groups in total. The van der Waals surface area contributed by atoms with Gasteiger partial charge in [0.25, 0.3) is 0 Å². The van der Waals surface area contributed by atoms with Gasteiger partial charge in [-0.2, -0.15) is 0 Å². The molecule has 0 radical (unpaired) electrons. The third kappa shape index (κ3) is 6.56. The number of rotatable bonds is 10. The van der Waals surface area contributed by atoms with E-state index in [2.05, 4.69) is 49.5 Å². The number of nitrogens with zero attached hydrogens (tertiary/aromatic N) is 2. The van der Waals surface area contributed by atoms with Crippen LogP contribution in [0, 0.1) is 6.92 Å². The number of para-hydroxylation sites is 1. The molecule has 6 heteroatoms. The normalized spacial score (nSPS) is 13.3. The molecule has 0 saturated heterocycles. The molecule has 1 aromatic heterocycles. The fraction of sp³-hybridized carbons (Fsp3) is 0.571. The van der Waals surface area contributed by atoms with E-state index in [0.717, 1.165) is 54.3 Å². The summed E-state index contributed by atoms with van der Waals surface area (Å²) in [6, 6.07) is 8.11. The monoisotopic (exact) mass is 374 g/mol. The van der Waals surface area contributed by atoms with E-state index in [1.54, 1.807) is 0 Å². The Labute approximate surface area is 163 Å². The first kappa shape index (κ1) is 21.3. The molecule has 150 valence electrons. The third-order valence-electron chi connectivity index (χ3n) is 4.47. The minimum absolute atomic E-state index is 0.161. The molecule has 1 atom stereocenters. The first-order valence-corrected chi connectivity index (χ1v) is 9.80. The molecule has 0 bridgehead atoms. The Morgan fingerprint density at radius 1 is 1.22 bits per heavy atom. The molecule has 0 aliphatic heterocycles. The molecule has 1 heterocycles. The highest BCUT2D eigenvalue weighted by Gasteiger charge is 2.12. The summed E-state index contributed by atoms with van der Waals surface area (Å²) in [5.41, 5.74) is 2.07. The average molecular weight is 375 g/mol. The average Bonchev–Trinajstić information content (AvgIpc) is 2.97. The lowest BCUT2D eigenvalue weighted by atomic mass is 10.1. The van der Waals surface area contributed by atoms with Gasteiger partial charge in [-0.3, -0.25) is 0 Å². The topological polar surface area (TPSA) is 62.0 Å². The van der Waals surface area contributed by atoms with Gasteiger partial charge in [0.2, 0.25) is 0 Å². The number of hydrogen-bond donors (Lipinski definition) is 2. The number of furan rings is 1. The van der Waals surface area contributed by atoms with Crippen molar-refractivity contribution in [2.75, 3.05) is 40.3 Å². The van der Waals surface area contributed by atoms with E-state index >= 15 is 0 Å². The van der Waals surface area contributed by atoms with Crippen molar-refractivity contribution in [3.8, 4) is 0 Å². The van der Waals surface area contributed by atoms with Crippen LogP contribution in [0.4, 0.5) is 0 Å². The van der Waals surface area contributed by atoms with Crippen LogP contribution >= 0.6 is 0 Å². The molecular weight excluding hydrogens is 340 g/mol. The lowest BCUT2D eigenvalue weighted by molar-refractivity contribution is 0.0548. The second-order valence-electron chi connectivity index (χ2n) is 6.89. The molecule has 0 aliphatic carbocycles. The Morgan fingerprint density at radius 2 is 2.00 bits per heavy atom. The molecule has 1 unspecified atom stereocenters. The van der Waals surface area contributed by atoms with Gasteiger partial charge in [-0.25, -0.2) is 4.99 Å². The second-order valence-corrected chi connectivity index (χ2v) is 6.89. The van der Waals surface area contributed by atoms with Gasteiger partial charge in [0.15, 0.2) is 5.96 Å². The molecule has 27 heavy (non-hydrogen) atoms. The lowest BCUT2D eigenvalue weighted by Gasteiger charge is -2.21. The Morgan fingerprint density at radius 3 is 2.67 bits per heavy atom. The summed E-state index contributed by atoms with van der Waals surface area (Å²) in [4.78, 5) is 6.88. The lowest BCUT2D eigenvalue weighted by Crippen LogP contribution is -2.42. The molecule has 0 amide bonds. The van der Waals surface area contributed by atoms with Crippen LogP contribution in [0.1, 0.15) is 31.6 Å². The van der Waals surface area contributed by atoms with E-state index in [4.69, 9.17) is 14.1 Å². The molecule has 0 aliphatic rings. The first-order chi connectivity index (χ1) is 13.0. The zero-order valence-electron chi connectivity index (χ0n) is 17.3. The van der Waals surface area contributed by atoms with Crippen molar-refractivity contribution in [3.05, 3.63) is 35.6 Å². The molecule has 0 saturated carbocycles. The number of benzene rings is 1. The van der Waals surface area contributed by atoms with E-state index in [1.807, 2.05) is 25.1 Å². The van der Waals surface area contributed by atoms with Crippen LogP contribution in [-0.4, -0.2) is 57.3 Å². The zero-order chi connectivity index (χ0) is 19.6. The number of guanidine groups is 1. The Balaban J connectivity index is 2.00. The Bertz CT molecular complexity index is 724. The summed E-state index contributed by atoms with van der Waals surface area (Å²) >= 11 is 0. The predicted octanol–water partition coefficient (Wildman–Crippen LogP) is 3.15. The number of hydrogen-bond acceptors (Lipinski definition) is 4. The van der Waals surface area contributed by atoms with E-state index in [9.17, 15) is 0 Å². The van der Waals surface area contributed by atoms with Crippen molar-refractivity contribution < 1.29 is 9.15 Å². The van der Waals surface area contributed by atoms with Gasteiger partial charge in [-0.15, -0.1) is 0 Å². The van der Waals surface area contributed by atoms with Gasteiger partial charge in [0.05, 0.1) is 6.10 Å². The first-order valence-electron chi connectivity index (χ1n) is 9.80. The van der Waals surface area contributed by atoms with Crippen LogP contribution in [0.2, 0.25) is 0 Å². The predicted molar refractivity (Wildman–Crippen MR) is 112 cm³/mol. The van der Waals surface area contributed by atoms with Crippen LogP contribution in [-0.2, 0) is 11.3 Å².